The molecule has 146 valence electrons. The van der Waals surface area contributed by atoms with Gasteiger partial charge in [-0.05, 0) is 55.3 Å². The number of thiophene rings is 1. The lowest BCUT2D eigenvalue weighted by atomic mass is 10.1. The van der Waals surface area contributed by atoms with E-state index in [9.17, 15) is 9.59 Å². The summed E-state index contributed by atoms with van der Waals surface area (Å²) in [5, 5.41) is 3.65. The van der Waals surface area contributed by atoms with Gasteiger partial charge in [0.1, 0.15) is 9.88 Å². The van der Waals surface area contributed by atoms with Gasteiger partial charge in [-0.3, -0.25) is 4.79 Å². The lowest BCUT2D eigenvalue weighted by molar-refractivity contribution is -0.119. The van der Waals surface area contributed by atoms with Gasteiger partial charge in [0.2, 0.25) is 0 Å². The van der Waals surface area contributed by atoms with Gasteiger partial charge in [0, 0.05) is 5.69 Å². The Kier molecular flexibility index (Phi) is 5.42. The zero-order valence-corrected chi connectivity index (χ0v) is 17.5. The van der Waals surface area contributed by atoms with Gasteiger partial charge in [-0.1, -0.05) is 24.3 Å². The van der Waals surface area contributed by atoms with Crippen LogP contribution in [0.1, 0.15) is 20.8 Å². The molecule has 0 aliphatic heterocycles. The molecule has 1 amide bonds. The molecule has 2 heterocycles. The number of aryl methyl sites for hydroxylation is 2. The average molecular weight is 423 g/mol. The molecule has 1 N–H and O–H groups in total. The monoisotopic (exact) mass is 422 g/mol. The number of aromatic nitrogens is 1. The van der Waals surface area contributed by atoms with Crippen molar-refractivity contribution in [3.05, 3.63) is 70.6 Å². The van der Waals surface area contributed by atoms with Crippen LogP contribution in [0.3, 0.4) is 0 Å². The Bertz CT molecular complexity index is 1180. The Morgan fingerprint density at radius 2 is 1.86 bits per heavy atom. The predicted octanol–water partition coefficient (Wildman–Crippen LogP) is 5.44. The number of esters is 1. The molecule has 4 aromatic rings. The largest absolute Gasteiger partial charge is 0.451 e. The normalized spacial score (nSPS) is 10.8. The van der Waals surface area contributed by atoms with E-state index >= 15 is 0 Å². The summed E-state index contributed by atoms with van der Waals surface area (Å²) in [6.07, 6.45) is 0. The fraction of sp³-hybridized carbons (Fsp3) is 0.136. The molecule has 0 spiro atoms. The van der Waals surface area contributed by atoms with Crippen LogP contribution in [0.4, 0.5) is 5.69 Å². The number of fused-ring (bicyclic) bond motifs is 1. The molecule has 0 fully saturated rings. The predicted molar refractivity (Wildman–Crippen MR) is 118 cm³/mol. The molecular weight excluding hydrogens is 404 g/mol. The van der Waals surface area contributed by atoms with E-state index in [0.29, 0.717) is 4.88 Å². The van der Waals surface area contributed by atoms with Gasteiger partial charge in [-0.2, -0.15) is 0 Å². The molecular formula is C22H18N2O3S2. The minimum absolute atomic E-state index is 0.333. The number of hydrogen-bond donors (Lipinski definition) is 1. The second-order valence-electron chi connectivity index (χ2n) is 6.59. The van der Waals surface area contributed by atoms with E-state index in [2.05, 4.69) is 10.3 Å². The maximum Gasteiger partial charge on any atom is 0.348 e. The number of nitrogens with zero attached hydrogens (tertiary/aromatic N) is 1. The summed E-state index contributed by atoms with van der Waals surface area (Å²) in [6, 6.07) is 17.3. The summed E-state index contributed by atoms with van der Waals surface area (Å²) in [6.45, 7) is 3.53. The van der Waals surface area contributed by atoms with Crippen LogP contribution < -0.4 is 5.32 Å². The van der Waals surface area contributed by atoms with Crippen molar-refractivity contribution in [3.63, 3.8) is 0 Å². The van der Waals surface area contributed by atoms with Crippen molar-refractivity contribution < 1.29 is 14.3 Å². The smallest absolute Gasteiger partial charge is 0.348 e. The number of thiazole rings is 1. The average Bonchev–Trinajstić information content (AvgIpc) is 3.35. The molecule has 5 nitrogen and oxygen atoms in total. The van der Waals surface area contributed by atoms with Crippen molar-refractivity contribution in [2.75, 3.05) is 11.9 Å². The van der Waals surface area contributed by atoms with E-state index in [-0.39, 0.29) is 12.5 Å². The van der Waals surface area contributed by atoms with E-state index in [1.54, 1.807) is 17.4 Å². The van der Waals surface area contributed by atoms with Crippen molar-refractivity contribution >= 4 is 50.5 Å². The SMILES string of the molecule is Cc1ccc(C)c(NC(=O)COC(=O)c2ccc(-c3nc4ccccc4s3)s2)c1. The van der Waals surface area contributed by atoms with Gasteiger partial charge in [-0.25, -0.2) is 9.78 Å². The highest BCUT2D eigenvalue weighted by molar-refractivity contribution is 7.26. The number of rotatable bonds is 5. The molecule has 7 heteroatoms. The third-order valence-corrected chi connectivity index (χ3v) is 6.58. The van der Waals surface area contributed by atoms with E-state index < -0.39 is 5.97 Å². The Hall–Kier alpha value is -3.03. The van der Waals surface area contributed by atoms with Crippen LogP contribution in [0.2, 0.25) is 0 Å². The van der Waals surface area contributed by atoms with E-state index in [1.807, 2.05) is 62.4 Å². The van der Waals surface area contributed by atoms with Crippen molar-refractivity contribution in [2.24, 2.45) is 0 Å². The Labute approximate surface area is 176 Å². The minimum atomic E-state index is -0.515. The molecule has 2 aromatic carbocycles. The number of hydrogen-bond acceptors (Lipinski definition) is 6. The molecule has 0 aliphatic carbocycles. The van der Waals surface area contributed by atoms with Crippen LogP contribution in [-0.4, -0.2) is 23.5 Å². The summed E-state index contributed by atoms with van der Waals surface area (Å²) in [7, 11) is 0. The number of anilines is 1. The molecule has 0 saturated heterocycles. The lowest BCUT2D eigenvalue weighted by Crippen LogP contribution is -2.21. The van der Waals surface area contributed by atoms with E-state index in [4.69, 9.17) is 4.74 Å². The molecule has 0 aliphatic rings. The van der Waals surface area contributed by atoms with Gasteiger partial charge in [-0.15, -0.1) is 22.7 Å². The summed E-state index contributed by atoms with van der Waals surface area (Å²) in [5.41, 5.74) is 3.66. The number of carbonyl (C=O) groups is 2. The van der Waals surface area contributed by atoms with Crippen molar-refractivity contribution in [3.8, 4) is 9.88 Å². The molecule has 0 saturated carbocycles. The second-order valence-corrected chi connectivity index (χ2v) is 8.71. The number of ether oxygens (including phenoxy) is 1. The van der Waals surface area contributed by atoms with Crippen LogP contribution in [0.25, 0.3) is 20.1 Å². The Morgan fingerprint density at radius 1 is 1.03 bits per heavy atom. The number of amides is 1. The lowest BCUT2D eigenvalue weighted by Gasteiger charge is -2.09. The third kappa shape index (κ3) is 4.36. The van der Waals surface area contributed by atoms with Gasteiger partial charge < -0.3 is 10.1 Å². The summed E-state index contributed by atoms with van der Waals surface area (Å²) >= 11 is 2.89. The van der Waals surface area contributed by atoms with Crippen LogP contribution in [0.5, 0.6) is 0 Å². The summed E-state index contributed by atoms with van der Waals surface area (Å²) < 4.78 is 6.28. The first-order valence-electron chi connectivity index (χ1n) is 8.99. The van der Waals surface area contributed by atoms with Gasteiger partial charge in [0.25, 0.3) is 5.91 Å². The highest BCUT2D eigenvalue weighted by Crippen LogP contribution is 2.34. The zero-order chi connectivity index (χ0) is 20.4. The molecule has 0 unspecified atom stereocenters. The van der Waals surface area contributed by atoms with Gasteiger partial charge in [0.05, 0.1) is 15.1 Å². The highest BCUT2D eigenvalue weighted by atomic mass is 32.1. The molecule has 0 bridgehead atoms. The first-order chi connectivity index (χ1) is 14.0. The number of para-hydroxylation sites is 1. The molecule has 29 heavy (non-hydrogen) atoms. The van der Waals surface area contributed by atoms with Gasteiger partial charge in [0.15, 0.2) is 6.61 Å². The molecule has 0 atom stereocenters. The zero-order valence-electron chi connectivity index (χ0n) is 15.9. The van der Waals surface area contributed by atoms with E-state index in [0.717, 1.165) is 36.9 Å². The van der Waals surface area contributed by atoms with Crippen molar-refractivity contribution in [2.45, 2.75) is 13.8 Å². The van der Waals surface area contributed by atoms with Crippen LogP contribution >= 0.6 is 22.7 Å². The van der Waals surface area contributed by atoms with Crippen molar-refractivity contribution in [1.82, 2.24) is 4.98 Å². The van der Waals surface area contributed by atoms with E-state index in [1.165, 1.54) is 11.3 Å². The standard InChI is InChI=1S/C22H18N2O3S2/c1-13-7-8-14(2)16(11-13)23-20(25)12-27-22(26)19-10-9-18(28-19)21-24-15-5-3-4-6-17(15)29-21/h3-11H,12H2,1-2H3,(H,23,25). The highest BCUT2D eigenvalue weighted by Gasteiger charge is 2.16. The minimum Gasteiger partial charge on any atom is -0.451 e. The Morgan fingerprint density at radius 3 is 2.69 bits per heavy atom. The fourth-order valence-corrected chi connectivity index (χ4v) is 4.72. The van der Waals surface area contributed by atoms with Crippen LogP contribution in [0.15, 0.2) is 54.6 Å². The number of benzene rings is 2. The third-order valence-electron chi connectivity index (χ3n) is 4.31. The topological polar surface area (TPSA) is 68.3 Å². The van der Waals surface area contributed by atoms with Crippen LogP contribution in [-0.2, 0) is 9.53 Å². The summed E-state index contributed by atoms with van der Waals surface area (Å²) in [5.74, 6) is -0.881. The molecule has 2 aromatic heterocycles. The Balaban J connectivity index is 1.39. The summed E-state index contributed by atoms with van der Waals surface area (Å²) in [4.78, 5) is 30.4. The quantitative estimate of drug-likeness (QED) is 0.435. The van der Waals surface area contributed by atoms with Crippen molar-refractivity contribution in [1.29, 1.82) is 0 Å². The second kappa shape index (κ2) is 8.14. The van der Waals surface area contributed by atoms with Gasteiger partial charge >= 0.3 is 5.97 Å². The number of carbonyl (C=O) groups excluding carboxylic acids is 2. The molecule has 4 rings (SSSR count). The molecule has 0 radical (unpaired) electrons. The first-order valence-corrected chi connectivity index (χ1v) is 10.6. The first kappa shape index (κ1) is 19.3. The maximum atomic E-state index is 12.3. The fourth-order valence-electron chi connectivity index (χ4n) is 2.80. The number of nitrogens with one attached hydrogen (secondary N) is 1. The van der Waals surface area contributed by atoms with Crippen LogP contribution in [0, 0.1) is 13.8 Å². The maximum absolute atomic E-state index is 12.3.